The smallest absolute Gasteiger partial charge is 0.312 e. The van der Waals surface area contributed by atoms with Crippen LogP contribution in [0.2, 0.25) is 5.02 Å². The molecule has 0 aromatic heterocycles. The van der Waals surface area contributed by atoms with Gasteiger partial charge in [-0.3, -0.25) is 4.79 Å². The normalized spacial score (nSPS) is 36.6. The van der Waals surface area contributed by atoms with Crippen LogP contribution in [0.25, 0.3) is 0 Å². The van der Waals surface area contributed by atoms with Crippen LogP contribution in [0.1, 0.15) is 38.5 Å². The maximum absolute atomic E-state index is 12.7. The number of benzene rings is 1. The van der Waals surface area contributed by atoms with Gasteiger partial charge in [-0.2, -0.15) is 0 Å². The Morgan fingerprint density at radius 1 is 1.17 bits per heavy atom. The zero-order chi connectivity index (χ0) is 16.8. The molecule has 0 spiro atoms. The predicted octanol–water partition coefficient (Wildman–Crippen LogP) is 3.59. The second kappa shape index (κ2) is 5.92. The Balaban J connectivity index is 1.33. The summed E-state index contributed by atoms with van der Waals surface area (Å²) < 4.78 is 11.1. The molecule has 0 heterocycles. The molecule has 0 saturated heterocycles. The van der Waals surface area contributed by atoms with Crippen LogP contribution < -0.4 is 4.74 Å². The molecule has 4 bridgehead atoms. The van der Waals surface area contributed by atoms with Gasteiger partial charge in [0.25, 0.3) is 0 Å². The van der Waals surface area contributed by atoms with E-state index in [0.29, 0.717) is 29.0 Å². The Bertz CT molecular complexity index is 630. The number of hydrogen-bond donors (Lipinski definition) is 1. The molecule has 1 N–H and O–H groups in total. The van der Waals surface area contributed by atoms with Crippen molar-refractivity contribution in [3.63, 3.8) is 0 Å². The van der Waals surface area contributed by atoms with Crippen molar-refractivity contribution in [2.45, 2.75) is 44.1 Å². The third kappa shape index (κ3) is 2.91. The molecular formula is C19H23ClO4. The molecule has 5 heteroatoms. The van der Waals surface area contributed by atoms with Crippen molar-refractivity contribution < 1.29 is 19.4 Å². The van der Waals surface area contributed by atoms with Crippen LogP contribution in [0.3, 0.4) is 0 Å². The fourth-order valence-electron chi connectivity index (χ4n) is 5.45. The number of carbonyl (C=O) groups excluding carboxylic acids is 1. The number of aliphatic hydroxyl groups is 1. The van der Waals surface area contributed by atoms with Crippen molar-refractivity contribution in [1.82, 2.24) is 0 Å². The van der Waals surface area contributed by atoms with Crippen LogP contribution >= 0.6 is 11.6 Å². The first-order valence-electron chi connectivity index (χ1n) is 8.75. The van der Waals surface area contributed by atoms with E-state index in [1.807, 2.05) is 12.1 Å². The molecule has 2 unspecified atom stereocenters. The molecule has 1 aromatic carbocycles. The lowest BCUT2D eigenvalue weighted by Gasteiger charge is -2.58. The number of ether oxygens (including phenoxy) is 2. The van der Waals surface area contributed by atoms with Gasteiger partial charge in [0.1, 0.15) is 19.0 Å². The molecule has 0 radical (unpaired) electrons. The molecule has 4 aliphatic carbocycles. The first-order valence-corrected chi connectivity index (χ1v) is 9.13. The highest BCUT2D eigenvalue weighted by atomic mass is 35.5. The van der Waals surface area contributed by atoms with Crippen LogP contribution in [0.15, 0.2) is 24.3 Å². The minimum Gasteiger partial charge on any atom is -0.488 e. The minimum absolute atomic E-state index is 0.155. The summed E-state index contributed by atoms with van der Waals surface area (Å²) in [4.78, 5) is 12.7. The highest BCUT2D eigenvalue weighted by Crippen LogP contribution is 2.61. The van der Waals surface area contributed by atoms with Crippen LogP contribution in [-0.2, 0) is 9.53 Å². The Labute approximate surface area is 147 Å². The van der Waals surface area contributed by atoms with E-state index in [4.69, 9.17) is 21.1 Å². The summed E-state index contributed by atoms with van der Waals surface area (Å²) in [6.45, 7) is 0.488. The van der Waals surface area contributed by atoms with Gasteiger partial charge >= 0.3 is 5.97 Å². The summed E-state index contributed by atoms with van der Waals surface area (Å²) in [7, 11) is 0. The molecule has 24 heavy (non-hydrogen) atoms. The zero-order valence-electron chi connectivity index (χ0n) is 13.7. The van der Waals surface area contributed by atoms with Gasteiger partial charge in [0.2, 0.25) is 0 Å². The molecule has 130 valence electrons. The van der Waals surface area contributed by atoms with Crippen molar-refractivity contribution >= 4 is 17.6 Å². The molecule has 1 aromatic rings. The van der Waals surface area contributed by atoms with E-state index in [1.54, 1.807) is 12.1 Å². The van der Waals surface area contributed by atoms with Crippen LogP contribution in [-0.4, -0.2) is 29.9 Å². The van der Waals surface area contributed by atoms with Gasteiger partial charge in [0.05, 0.1) is 16.0 Å². The van der Waals surface area contributed by atoms with Gasteiger partial charge in [-0.1, -0.05) is 23.7 Å². The Kier molecular flexibility index (Phi) is 4.00. The van der Waals surface area contributed by atoms with E-state index in [1.165, 1.54) is 0 Å². The van der Waals surface area contributed by atoms with Crippen molar-refractivity contribution in [2.24, 2.45) is 17.3 Å². The highest BCUT2D eigenvalue weighted by Gasteiger charge is 2.60. The number of esters is 1. The third-order valence-electron chi connectivity index (χ3n) is 5.87. The summed E-state index contributed by atoms with van der Waals surface area (Å²) in [6.07, 6.45) is 5.18. The first-order chi connectivity index (χ1) is 11.5. The lowest BCUT2D eigenvalue weighted by atomic mass is 9.48. The number of hydrogen-bond acceptors (Lipinski definition) is 4. The van der Waals surface area contributed by atoms with Gasteiger partial charge < -0.3 is 14.6 Å². The van der Waals surface area contributed by atoms with Gasteiger partial charge in [-0.15, -0.1) is 0 Å². The Morgan fingerprint density at radius 2 is 1.88 bits per heavy atom. The second-order valence-electron chi connectivity index (χ2n) is 7.88. The average Bonchev–Trinajstić information content (AvgIpc) is 2.50. The maximum Gasteiger partial charge on any atom is 0.312 e. The lowest BCUT2D eigenvalue weighted by Crippen LogP contribution is -2.58. The minimum atomic E-state index is -0.642. The second-order valence-corrected chi connectivity index (χ2v) is 8.29. The highest BCUT2D eigenvalue weighted by molar-refractivity contribution is 6.32. The van der Waals surface area contributed by atoms with Crippen molar-refractivity contribution in [3.05, 3.63) is 29.3 Å². The summed E-state index contributed by atoms with van der Waals surface area (Å²) in [5, 5.41) is 11.3. The summed E-state index contributed by atoms with van der Waals surface area (Å²) >= 11 is 6.03. The predicted molar refractivity (Wildman–Crippen MR) is 90.0 cm³/mol. The first kappa shape index (κ1) is 16.2. The Hall–Kier alpha value is -1.26. The number of rotatable bonds is 5. The summed E-state index contributed by atoms with van der Waals surface area (Å²) in [5.74, 6) is 1.39. The molecular weight excluding hydrogens is 328 g/mol. The molecule has 4 saturated carbocycles. The van der Waals surface area contributed by atoms with Crippen LogP contribution in [0.5, 0.6) is 5.75 Å². The molecule has 0 amide bonds. The lowest BCUT2D eigenvalue weighted by molar-refractivity contribution is -0.196. The van der Waals surface area contributed by atoms with Gasteiger partial charge in [0, 0.05) is 0 Å². The number of para-hydroxylation sites is 1. The largest absolute Gasteiger partial charge is 0.488 e. The topological polar surface area (TPSA) is 55.8 Å². The summed E-state index contributed by atoms with van der Waals surface area (Å²) in [5.41, 5.74) is -1.11. The van der Waals surface area contributed by atoms with E-state index in [9.17, 15) is 9.90 Å². The van der Waals surface area contributed by atoms with Crippen molar-refractivity contribution in [3.8, 4) is 5.75 Å². The monoisotopic (exact) mass is 350 g/mol. The number of halogens is 1. The summed E-state index contributed by atoms with van der Waals surface area (Å²) in [6, 6.07) is 7.24. The van der Waals surface area contributed by atoms with Crippen molar-refractivity contribution in [1.29, 1.82) is 0 Å². The quantitative estimate of drug-likeness (QED) is 0.651. The van der Waals surface area contributed by atoms with Gasteiger partial charge in [-0.05, 0) is 62.5 Å². The van der Waals surface area contributed by atoms with E-state index in [-0.39, 0.29) is 19.2 Å². The van der Waals surface area contributed by atoms with E-state index in [0.717, 1.165) is 32.1 Å². The molecule has 4 nitrogen and oxygen atoms in total. The number of carbonyl (C=O) groups is 1. The maximum atomic E-state index is 12.7. The van der Waals surface area contributed by atoms with E-state index in [2.05, 4.69) is 0 Å². The van der Waals surface area contributed by atoms with E-state index >= 15 is 0 Å². The fourth-order valence-corrected chi connectivity index (χ4v) is 5.64. The van der Waals surface area contributed by atoms with Crippen LogP contribution in [0, 0.1) is 17.3 Å². The average molecular weight is 351 g/mol. The molecule has 4 aliphatic rings. The molecule has 0 aliphatic heterocycles. The molecule has 4 fully saturated rings. The van der Waals surface area contributed by atoms with E-state index < -0.39 is 11.0 Å². The third-order valence-corrected chi connectivity index (χ3v) is 6.19. The van der Waals surface area contributed by atoms with Crippen LogP contribution in [0.4, 0.5) is 0 Å². The van der Waals surface area contributed by atoms with Gasteiger partial charge in [-0.25, -0.2) is 0 Å². The molecule has 2 atom stereocenters. The zero-order valence-corrected chi connectivity index (χ0v) is 14.4. The molecule has 5 rings (SSSR count). The SMILES string of the molecule is O=C(OCCOc1ccccc1Cl)C12CC3CC(CC(O)(C3)C1)C2. The fraction of sp³-hybridized carbons (Fsp3) is 0.632. The Morgan fingerprint density at radius 3 is 2.54 bits per heavy atom. The van der Waals surface area contributed by atoms with Gasteiger partial charge in [0.15, 0.2) is 0 Å². The van der Waals surface area contributed by atoms with Crippen molar-refractivity contribution in [2.75, 3.05) is 13.2 Å². The standard InChI is InChI=1S/C19H23ClO4/c20-15-3-1-2-4-16(15)23-5-6-24-17(21)18-8-13-7-14(9-18)11-19(22,10-13)12-18/h1-4,13-14,22H,5-12H2.